The van der Waals surface area contributed by atoms with Gasteiger partial charge in [-0.25, -0.2) is 0 Å². The van der Waals surface area contributed by atoms with Gasteiger partial charge in [0.05, 0.1) is 0 Å². The summed E-state index contributed by atoms with van der Waals surface area (Å²) in [6, 6.07) is 9.42. The van der Waals surface area contributed by atoms with Gasteiger partial charge in [-0.15, -0.1) is 0 Å². The van der Waals surface area contributed by atoms with E-state index in [-0.39, 0.29) is 5.56 Å². The van der Waals surface area contributed by atoms with E-state index in [2.05, 4.69) is 21.0 Å². The standard InChI is InChI=1S/C9H6NO.Fe/c11-9-6-5-7-3-1-2-4-8(7)10-9;/h1-5H,(H,10,11);. The molecule has 0 bridgehead atoms. The van der Waals surface area contributed by atoms with E-state index < -0.39 is 0 Å². The van der Waals surface area contributed by atoms with Crippen LogP contribution >= 0.6 is 0 Å². The molecule has 1 aromatic carbocycles. The van der Waals surface area contributed by atoms with Crippen LogP contribution in [0.1, 0.15) is 0 Å². The van der Waals surface area contributed by atoms with E-state index in [0.29, 0.717) is 4.46 Å². The van der Waals surface area contributed by atoms with Crippen molar-refractivity contribution in [1.29, 1.82) is 0 Å². The molecule has 3 heteroatoms. The van der Waals surface area contributed by atoms with E-state index in [4.69, 9.17) is 0 Å². The van der Waals surface area contributed by atoms with E-state index in [9.17, 15) is 4.79 Å². The molecule has 0 spiro atoms. The first-order valence-corrected chi connectivity index (χ1v) is 4.09. The van der Waals surface area contributed by atoms with Crippen molar-refractivity contribution in [2.45, 2.75) is 0 Å². The molecule has 0 aliphatic rings. The first-order valence-electron chi connectivity index (χ1n) is 3.54. The van der Waals surface area contributed by atoms with Gasteiger partial charge in [-0.2, -0.15) is 0 Å². The molecule has 0 aliphatic carbocycles. The predicted octanol–water partition coefficient (Wildman–Crippen LogP) is 0.700. The molecule has 0 radical (unpaired) electrons. The normalized spacial score (nSPS) is 10.4. The van der Waals surface area contributed by atoms with Gasteiger partial charge in [-0.05, 0) is 0 Å². The third-order valence-corrected chi connectivity index (χ3v) is 2.11. The van der Waals surface area contributed by atoms with Crippen molar-refractivity contribution in [3.8, 4) is 0 Å². The Hall–Kier alpha value is -1.05. The number of nitrogens with one attached hydrogen (secondary N) is 1. The van der Waals surface area contributed by atoms with Crippen molar-refractivity contribution < 1.29 is 16.0 Å². The first kappa shape index (κ1) is 7.59. The molecule has 61 valence electrons. The number of H-pyrrole nitrogens is 1. The molecule has 0 saturated heterocycles. The molecular weight excluding hydrogens is 194 g/mol. The van der Waals surface area contributed by atoms with Crippen LogP contribution in [0.5, 0.6) is 0 Å². The maximum atomic E-state index is 11.1. The Morgan fingerprint density at radius 2 is 2.00 bits per heavy atom. The van der Waals surface area contributed by atoms with Crippen LogP contribution in [0.25, 0.3) is 10.9 Å². The summed E-state index contributed by atoms with van der Waals surface area (Å²) in [6.45, 7) is 0. The third kappa shape index (κ3) is 1.17. The zero-order valence-corrected chi connectivity index (χ0v) is 7.25. The second kappa shape index (κ2) is 2.77. The fraction of sp³-hybridized carbons (Fsp3) is 0. The van der Waals surface area contributed by atoms with E-state index >= 15 is 0 Å². The summed E-state index contributed by atoms with van der Waals surface area (Å²) in [5, 5.41) is 1.02. The van der Waals surface area contributed by atoms with E-state index in [0.717, 1.165) is 10.9 Å². The Bertz CT molecular complexity index is 475. The summed E-state index contributed by atoms with van der Waals surface area (Å²) in [5.41, 5.74) is 0.739. The zero-order chi connectivity index (χ0) is 8.55. The van der Waals surface area contributed by atoms with Gasteiger partial charge in [0.15, 0.2) is 0 Å². The molecule has 0 atom stereocenters. The molecule has 1 N–H and O–H groups in total. The number of fused-ring (bicyclic) bond motifs is 1. The number of aromatic amines is 1. The van der Waals surface area contributed by atoms with Crippen molar-refractivity contribution in [3.63, 3.8) is 0 Å². The molecule has 0 aliphatic heterocycles. The van der Waals surface area contributed by atoms with Crippen LogP contribution in [0.3, 0.4) is 0 Å². The van der Waals surface area contributed by atoms with Crippen LogP contribution in [0.4, 0.5) is 0 Å². The molecule has 12 heavy (non-hydrogen) atoms. The van der Waals surface area contributed by atoms with E-state index in [1.54, 1.807) is 6.07 Å². The number of hydrogen-bond acceptors (Lipinski definition) is 1. The van der Waals surface area contributed by atoms with Crippen LogP contribution in [0, 0.1) is 0 Å². The molecule has 0 fully saturated rings. The number of pyridine rings is 1. The fourth-order valence-electron chi connectivity index (χ4n) is 1.12. The first-order chi connectivity index (χ1) is 5.77. The Labute approximate surface area is 77.4 Å². The van der Waals surface area contributed by atoms with Gasteiger partial charge in [0.2, 0.25) is 0 Å². The van der Waals surface area contributed by atoms with Gasteiger partial charge in [0, 0.05) is 0 Å². The average molecular weight is 200 g/mol. The van der Waals surface area contributed by atoms with Crippen molar-refractivity contribution in [2.75, 3.05) is 0 Å². The molecule has 0 amide bonds. The summed E-state index contributed by atoms with van der Waals surface area (Å²) >= 11 is 3.63. The molecule has 2 nitrogen and oxygen atoms in total. The molecule has 0 saturated carbocycles. The molecular formula is C9H6FeNO. The monoisotopic (exact) mass is 200 g/mol. The van der Waals surface area contributed by atoms with Gasteiger partial charge in [0.25, 0.3) is 0 Å². The second-order valence-corrected chi connectivity index (χ2v) is 3.12. The summed E-state index contributed by atoms with van der Waals surface area (Å²) in [7, 11) is 0. The Balaban J connectivity index is 2.93. The summed E-state index contributed by atoms with van der Waals surface area (Å²) in [4.78, 5) is 13.9. The van der Waals surface area contributed by atoms with Crippen molar-refractivity contribution >= 4 is 15.4 Å². The van der Waals surface area contributed by atoms with Gasteiger partial charge < -0.3 is 0 Å². The molecule has 1 heterocycles. The minimum atomic E-state index is -0.117. The summed E-state index contributed by atoms with van der Waals surface area (Å²) < 4.78 is 0.508. The number of aromatic nitrogens is 1. The summed E-state index contributed by atoms with van der Waals surface area (Å²) in [5.74, 6) is 0. The van der Waals surface area contributed by atoms with E-state index in [1.165, 1.54) is 0 Å². The van der Waals surface area contributed by atoms with Crippen molar-refractivity contribution in [1.82, 2.24) is 4.98 Å². The van der Waals surface area contributed by atoms with Crippen LogP contribution < -0.4 is 10.0 Å². The molecule has 1 aromatic heterocycles. The van der Waals surface area contributed by atoms with Gasteiger partial charge in [-0.3, -0.25) is 0 Å². The second-order valence-electron chi connectivity index (χ2n) is 2.52. The number of benzene rings is 1. The van der Waals surface area contributed by atoms with Gasteiger partial charge in [0.1, 0.15) is 0 Å². The van der Waals surface area contributed by atoms with Crippen molar-refractivity contribution in [2.24, 2.45) is 0 Å². The zero-order valence-electron chi connectivity index (χ0n) is 6.15. The third-order valence-electron chi connectivity index (χ3n) is 1.70. The Morgan fingerprint density at radius 3 is 2.83 bits per heavy atom. The molecule has 0 unspecified atom stereocenters. The number of rotatable bonds is 0. The van der Waals surface area contributed by atoms with Gasteiger partial charge in [-0.1, -0.05) is 0 Å². The summed E-state index contributed by atoms with van der Waals surface area (Å²) in [6.07, 6.45) is 0. The Morgan fingerprint density at radius 1 is 1.25 bits per heavy atom. The maximum absolute atomic E-state index is 11.1. The van der Waals surface area contributed by atoms with E-state index in [1.807, 2.05) is 24.3 Å². The van der Waals surface area contributed by atoms with Crippen LogP contribution in [-0.2, 0) is 16.0 Å². The van der Waals surface area contributed by atoms with Crippen LogP contribution in [-0.4, -0.2) is 4.98 Å². The van der Waals surface area contributed by atoms with Gasteiger partial charge >= 0.3 is 77.0 Å². The fourth-order valence-corrected chi connectivity index (χ4v) is 1.36. The minimum absolute atomic E-state index is 0.117. The quantitative estimate of drug-likeness (QED) is 0.623. The average Bonchev–Trinajstić information content (AvgIpc) is 2.07. The Kier molecular flexibility index (Phi) is 1.75. The molecule has 2 rings (SSSR count). The molecule has 2 aromatic rings. The van der Waals surface area contributed by atoms with Crippen LogP contribution in [0.2, 0.25) is 0 Å². The van der Waals surface area contributed by atoms with Crippen LogP contribution in [0.15, 0.2) is 35.1 Å². The number of para-hydroxylation sites is 1. The topological polar surface area (TPSA) is 32.9 Å². The predicted molar refractivity (Wildman–Crippen MR) is 44.2 cm³/mol. The van der Waals surface area contributed by atoms with Crippen molar-refractivity contribution in [3.05, 3.63) is 40.7 Å². The SMILES string of the molecule is O=c1[nH]c2ccccc2c[c]1[Fe]. The number of hydrogen-bond donors (Lipinski definition) is 1.